The second kappa shape index (κ2) is 6.55. The zero-order valence-corrected chi connectivity index (χ0v) is 10.6. The van der Waals surface area contributed by atoms with Gasteiger partial charge in [0.1, 0.15) is 12.1 Å². The van der Waals surface area contributed by atoms with E-state index in [0.29, 0.717) is 6.04 Å². The molecule has 0 spiro atoms. The molecule has 1 aliphatic heterocycles. The number of anilines is 1. The molecule has 2 rings (SSSR count). The minimum atomic E-state index is 0.502. The normalized spacial score (nSPS) is 20.9. The topological polar surface area (TPSA) is 49.8 Å². The van der Waals surface area contributed by atoms with E-state index in [-0.39, 0.29) is 0 Å². The predicted molar refractivity (Wildman–Crippen MR) is 70.2 cm³/mol. The summed E-state index contributed by atoms with van der Waals surface area (Å²) in [5.74, 6) is 0.970. The van der Waals surface area contributed by atoms with Crippen molar-refractivity contribution >= 4 is 5.82 Å². The van der Waals surface area contributed by atoms with Gasteiger partial charge in [0.05, 0.1) is 0 Å². The fourth-order valence-electron chi connectivity index (χ4n) is 2.22. The minimum Gasteiger partial charge on any atom is -0.366 e. The van der Waals surface area contributed by atoms with Gasteiger partial charge in [-0.1, -0.05) is 19.8 Å². The Labute approximate surface area is 103 Å². The monoisotopic (exact) mass is 234 g/mol. The molecule has 2 N–H and O–H groups in total. The molecule has 1 atom stereocenters. The number of aromatic nitrogens is 2. The molecule has 1 aliphatic rings. The molecule has 94 valence electrons. The van der Waals surface area contributed by atoms with Gasteiger partial charge in [0, 0.05) is 24.3 Å². The first-order valence-electron chi connectivity index (χ1n) is 6.66. The quantitative estimate of drug-likeness (QED) is 0.836. The summed E-state index contributed by atoms with van der Waals surface area (Å²) in [6.07, 6.45) is 7.61. The Hall–Kier alpha value is -1.16. The highest BCUT2D eigenvalue weighted by Crippen LogP contribution is 2.12. The molecule has 1 unspecified atom stereocenters. The van der Waals surface area contributed by atoms with E-state index in [1.165, 1.54) is 19.3 Å². The average Bonchev–Trinajstić information content (AvgIpc) is 2.59. The zero-order valence-electron chi connectivity index (χ0n) is 10.6. The molecule has 2 heterocycles. The fraction of sp³-hybridized carbons (Fsp3) is 0.692. The van der Waals surface area contributed by atoms with Crippen molar-refractivity contribution in [3.8, 4) is 0 Å². The molecule has 0 saturated carbocycles. The lowest BCUT2D eigenvalue weighted by Gasteiger charge is -2.17. The summed E-state index contributed by atoms with van der Waals surface area (Å²) < 4.78 is 0. The first kappa shape index (κ1) is 12.3. The first-order chi connectivity index (χ1) is 8.38. The fourth-order valence-corrected chi connectivity index (χ4v) is 2.22. The van der Waals surface area contributed by atoms with Crippen LogP contribution in [-0.4, -0.2) is 29.1 Å². The Morgan fingerprint density at radius 2 is 2.35 bits per heavy atom. The summed E-state index contributed by atoms with van der Waals surface area (Å²) in [6.45, 7) is 4.35. The summed E-state index contributed by atoms with van der Waals surface area (Å²) in [5.41, 5.74) is 1.13. The second-order valence-corrected chi connectivity index (χ2v) is 4.69. The molecule has 1 aromatic rings. The highest BCUT2D eigenvalue weighted by molar-refractivity contribution is 5.36. The summed E-state index contributed by atoms with van der Waals surface area (Å²) in [6, 6.07) is 2.58. The number of hydrogen-bond donors (Lipinski definition) is 2. The molecule has 0 amide bonds. The summed E-state index contributed by atoms with van der Waals surface area (Å²) in [7, 11) is 0. The van der Waals surface area contributed by atoms with Crippen molar-refractivity contribution < 1.29 is 0 Å². The SMILES string of the molecule is CCCc1cc(NC2CCCCNC2)ncn1. The van der Waals surface area contributed by atoms with Gasteiger partial charge in [0.2, 0.25) is 0 Å². The van der Waals surface area contributed by atoms with E-state index in [0.717, 1.165) is 37.4 Å². The standard InChI is InChI=1S/C13H22N4/c1-2-5-11-8-13(16-10-15-11)17-12-6-3-4-7-14-9-12/h8,10,12,14H,2-7,9H2,1H3,(H,15,16,17). The van der Waals surface area contributed by atoms with E-state index in [4.69, 9.17) is 0 Å². The van der Waals surface area contributed by atoms with Crippen LogP contribution in [0.15, 0.2) is 12.4 Å². The van der Waals surface area contributed by atoms with E-state index >= 15 is 0 Å². The Kier molecular flexibility index (Phi) is 4.74. The van der Waals surface area contributed by atoms with Crippen molar-refractivity contribution in [1.82, 2.24) is 15.3 Å². The highest BCUT2D eigenvalue weighted by atomic mass is 15.1. The van der Waals surface area contributed by atoms with E-state index in [9.17, 15) is 0 Å². The van der Waals surface area contributed by atoms with Gasteiger partial charge in [0.15, 0.2) is 0 Å². The van der Waals surface area contributed by atoms with Gasteiger partial charge in [-0.3, -0.25) is 0 Å². The molecule has 0 radical (unpaired) electrons. The Balaban J connectivity index is 1.94. The third kappa shape index (κ3) is 3.97. The maximum atomic E-state index is 4.30. The third-order valence-electron chi connectivity index (χ3n) is 3.13. The van der Waals surface area contributed by atoms with Crippen molar-refractivity contribution in [1.29, 1.82) is 0 Å². The molecule has 1 fully saturated rings. The number of nitrogens with one attached hydrogen (secondary N) is 2. The van der Waals surface area contributed by atoms with Crippen LogP contribution in [0.5, 0.6) is 0 Å². The van der Waals surface area contributed by atoms with Crippen molar-refractivity contribution in [2.75, 3.05) is 18.4 Å². The van der Waals surface area contributed by atoms with Gasteiger partial charge in [-0.2, -0.15) is 0 Å². The van der Waals surface area contributed by atoms with Gasteiger partial charge >= 0.3 is 0 Å². The minimum absolute atomic E-state index is 0.502. The smallest absolute Gasteiger partial charge is 0.129 e. The summed E-state index contributed by atoms with van der Waals surface area (Å²) >= 11 is 0. The molecule has 4 nitrogen and oxygen atoms in total. The highest BCUT2D eigenvalue weighted by Gasteiger charge is 2.11. The molecule has 17 heavy (non-hydrogen) atoms. The largest absolute Gasteiger partial charge is 0.366 e. The van der Waals surface area contributed by atoms with E-state index in [1.54, 1.807) is 6.33 Å². The van der Waals surface area contributed by atoms with Crippen molar-refractivity contribution in [2.45, 2.75) is 45.1 Å². The van der Waals surface area contributed by atoms with E-state index in [2.05, 4.69) is 33.6 Å². The van der Waals surface area contributed by atoms with Crippen LogP contribution >= 0.6 is 0 Å². The van der Waals surface area contributed by atoms with Crippen LogP contribution in [0.3, 0.4) is 0 Å². The molecule has 0 aromatic carbocycles. The van der Waals surface area contributed by atoms with Gasteiger partial charge < -0.3 is 10.6 Å². The first-order valence-corrected chi connectivity index (χ1v) is 6.66. The lowest BCUT2D eigenvalue weighted by atomic mass is 10.1. The third-order valence-corrected chi connectivity index (χ3v) is 3.13. The van der Waals surface area contributed by atoms with Gasteiger partial charge in [-0.15, -0.1) is 0 Å². The molecule has 1 saturated heterocycles. The van der Waals surface area contributed by atoms with Crippen LogP contribution in [0.2, 0.25) is 0 Å². The molecule has 4 heteroatoms. The van der Waals surface area contributed by atoms with Gasteiger partial charge in [-0.05, 0) is 25.8 Å². The van der Waals surface area contributed by atoms with Crippen LogP contribution in [0.4, 0.5) is 5.82 Å². The molecular weight excluding hydrogens is 212 g/mol. The maximum Gasteiger partial charge on any atom is 0.129 e. The molecule has 0 aliphatic carbocycles. The van der Waals surface area contributed by atoms with Crippen LogP contribution in [0, 0.1) is 0 Å². The molecular formula is C13H22N4. The summed E-state index contributed by atoms with van der Waals surface area (Å²) in [5, 5.41) is 6.96. The Bertz CT molecular complexity index is 332. The Morgan fingerprint density at radius 1 is 1.41 bits per heavy atom. The van der Waals surface area contributed by atoms with E-state index in [1.807, 2.05) is 0 Å². The predicted octanol–water partition coefficient (Wildman–Crippen LogP) is 1.98. The van der Waals surface area contributed by atoms with Crippen molar-refractivity contribution in [2.24, 2.45) is 0 Å². The summed E-state index contributed by atoms with van der Waals surface area (Å²) in [4.78, 5) is 8.57. The maximum absolute atomic E-state index is 4.30. The van der Waals surface area contributed by atoms with Gasteiger partial charge in [0.25, 0.3) is 0 Å². The van der Waals surface area contributed by atoms with Crippen LogP contribution in [0.1, 0.15) is 38.3 Å². The lowest BCUT2D eigenvalue weighted by Crippen LogP contribution is -2.31. The van der Waals surface area contributed by atoms with Crippen molar-refractivity contribution in [3.63, 3.8) is 0 Å². The number of hydrogen-bond acceptors (Lipinski definition) is 4. The Morgan fingerprint density at radius 3 is 3.24 bits per heavy atom. The van der Waals surface area contributed by atoms with Gasteiger partial charge in [-0.25, -0.2) is 9.97 Å². The number of nitrogens with zero attached hydrogens (tertiary/aromatic N) is 2. The second-order valence-electron chi connectivity index (χ2n) is 4.69. The zero-order chi connectivity index (χ0) is 11.9. The van der Waals surface area contributed by atoms with Crippen LogP contribution in [-0.2, 0) is 6.42 Å². The average molecular weight is 234 g/mol. The van der Waals surface area contributed by atoms with Crippen LogP contribution < -0.4 is 10.6 Å². The molecule has 0 bridgehead atoms. The lowest BCUT2D eigenvalue weighted by molar-refractivity contribution is 0.633. The number of aryl methyl sites for hydroxylation is 1. The van der Waals surface area contributed by atoms with Crippen LogP contribution in [0.25, 0.3) is 0 Å². The number of rotatable bonds is 4. The van der Waals surface area contributed by atoms with E-state index < -0.39 is 0 Å². The molecule has 1 aromatic heterocycles. The van der Waals surface area contributed by atoms with Crippen molar-refractivity contribution in [3.05, 3.63) is 18.1 Å².